The molecule has 20 heavy (non-hydrogen) atoms. The average Bonchev–Trinajstić information content (AvgIpc) is 2.73. The molecule has 0 radical (unpaired) electrons. The van der Waals surface area contributed by atoms with E-state index in [9.17, 15) is 4.39 Å². The minimum absolute atomic E-state index is 0.0150. The molecule has 1 heterocycles. The van der Waals surface area contributed by atoms with Crippen molar-refractivity contribution in [3.05, 3.63) is 52.6 Å². The van der Waals surface area contributed by atoms with E-state index < -0.39 is 0 Å². The first-order chi connectivity index (χ1) is 9.52. The highest BCUT2D eigenvalue weighted by Gasteiger charge is 2.18. The van der Waals surface area contributed by atoms with E-state index in [4.69, 9.17) is 0 Å². The van der Waals surface area contributed by atoms with E-state index in [1.807, 2.05) is 32.3 Å². The lowest BCUT2D eigenvalue weighted by Gasteiger charge is -2.19. The quantitative estimate of drug-likeness (QED) is 0.907. The van der Waals surface area contributed by atoms with Crippen LogP contribution in [-0.4, -0.2) is 16.3 Å². The molecule has 108 valence electrons. The van der Waals surface area contributed by atoms with E-state index >= 15 is 0 Å². The second kappa shape index (κ2) is 6.18. The number of rotatable bonds is 5. The highest BCUT2D eigenvalue weighted by Crippen LogP contribution is 2.25. The maximum atomic E-state index is 13.8. The van der Waals surface area contributed by atoms with Gasteiger partial charge in [-0.25, -0.2) is 4.39 Å². The predicted octanol–water partition coefficient (Wildman–Crippen LogP) is 3.27. The second-order valence-electron chi connectivity index (χ2n) is 5.24. The lowest BCUT2D eigenvalue weighted by molar-refractivity contribution is 0.580. The molecule has 1 unspecified atom stereocenters. The first-order valence-corrected chi connectivity index (χ1v) is 7.02. The Morgan fingerprint density at radius 1 is 1.35 bits per heavy atom. The molecule has 0 aliphatic rings. The second-order valence-corrected chi connectivity index (χ2v) is 5.24. The standard InChI is InChI=1S/C16H22FN3/c1-5-8-18-16(14-10-20(4)19-12(14)3)13-7-6-11(2)15(17)9-13/h6-7,9-10,16,18H,5,8H2,1-4H3. The Hall–Kier alpha value is -1.68. The third kappa shape index (κ3) is 3.07. The van der Waals surface area contributed by atoms with E-state index in [0.717, 1.165) is 29.8 Å². The lowest BCUT2D eigenvalue weighted by atomic mass is 9.98. The van der Waals surface area contributed by atoms with E-state index in [1.54, 1.807) is 17.7 Å². The van der Waals surface area contributed by atoms with Gasteiger partial charge in [0.25, 0.3) is 0 Å². The summed E-state index contributed by atoms with van der Waals surface area (Å²) in [6, 6.07) is 5.42. The normalized spacial score (nSPS) is 12.7. The van der Waals surface area contributed by atoms with E-state index in [1.165, 1.54) is 0 Å². The molecule has 0 aliphatic heterocycles. The molecule has 4 heteroatoms. The minimum Gasteiger partial charge on any atom is -0.306 e. The Bertz CT molecular complexity index is 589. The van der Waals surface area contributed by atoms with Crippen molar-refractivity contribution in [3.63, 3.8) is 0 Å². The molecule has 2 rings (SSSR count). The van der Waals surface area contributed by atoms with E-state index in [-0.39, 0.29) is 11.9 Å². The van der Waals surface area contributed by atoms with Crippen LogP contribution in [0, 0.1) is 19.7 Å². The summed E-state index contributed by atoms with van der Waals surface area (Å²) in [6.45, 7) is 6.77. The number of halogens is 1. The Labute approximate surface area is 119 Å². The van der Waals surface area contributed by atoms with Gasteiger partial charge in [0.1, 0.15) is 5.82 Å². The first kappa shape index (κ1) is 14.7. The third-order valence-electron chi connectivity index (χ3n) is 3.49. The zero-order chi connectivity index (χ0) is 14.7. The highest BCUT2D eigenvalue weighted by atomic mass is 19.1. The number of benzene rings is 1. The van der Waals surface area contributed by atoms with Crippen LogP contribution in [0.5, 0.6) is 0 Å². The molecule has 0 saturated heterocycles. The molecule has 0 fully saturated rings. The van der Waals surface area contributed by atoms with Crippen molar-refractivity contribution in [1.82, 2.24) is 15.1 Å². The predicted molar refractivity (Wildman–Crippen MR) is 79.2 cm³/mol. The summed E-state index contributed by atoms with van der Waals surface area (Å²) in [6.07, 6.45) is 3.03. The number of nitrogens with one attached hydrogen (secondary N) is 1. The molecule has 1 aromatic heterocycles. The van der Waals surface area contributed by atoms with Crippen molar-refractivity contribution in [1.29, 1.82) is 0 Å². The number of aromatic nitrogens is 2. The van der Waals surface area contributed by atoms with Crippen molar-refractivity contribution in [2.24, 2.45) is 7.05 Å². The topological polar surface area (TPSA) is 29.9 Å². The fourth-order valence-corrected chi connectivity index (χ4v) is 2.39. The summed E-state index contributed by atoms with van der Waals surface area (Å²) in [5.74, 6) is -0.160. The summed E-state index contributed by atoms with van der Waals surface area (Å²) < 4.78 is 15.6. The van der Waals surface area contributed by atoms with Crippen molar-refractivity contribution in [3.8, 4) is 0 Å². The van der Waals surface area contributed by atoms with Crippen molar-refractivity contribution >= 4 is 0 Å². The molecule has 1 atom stereocenters. The van der Waals surface area contributed by atoms with Crippen molar-refractivity contribution < 1.29 is 4.39 Å². The molecule has 1 aromatic carbocycles. The van der Waals surface area contributed by atoms with Gasteiger partial charge in [0.05, 0.1) is 11.7 Å². The van der Waals surface area contributed by atoms with Gasteiger partial charge in [-0.05, 0) is 44.0 Å². The van der Waals surface area contributed by atoms with Crippen LogP contribution in [0.25, 0.3) is 0 Å². The van der Waals surface area contributed by atoms with Gasteiger partial charge < -0.3 is 5.32 Å². The van der Waals surface area contributed by atoms with Crippen LogP contribution in [0.4, 0.5) is 4.39 Å². The molecule has 0 spiro atoms. The molecular formula is C16H22FN3. The molecule has 0 aliphatic carbocycles. The van der Waals surface area contributed by atoms with Crippen LogP contribution < -0.4 is 5.32 Å². The van der Waals surface area contributed by atoms with Gasteiger partial charge in [0.2, 0.25) is 0 Å². The largest absolute Gasteiger partial charge is 0.306 e. The molecule has 2 aromatic rings. The van der Waals surface area contributed by atoms with Gasteiger partial charge in [-0.3, -0.25) is 4.68 Å². The van der Waals surface area contributed by atoms with Crippen LogP contribution in [0.2, 0.25) is 0 Å². The average molecular weight is 275 g/mol. The van der Waals surface area contributed by atoms with Gasteiger partial charge in [0, 0.05) is 18.8 Å². The summed E-state index contributed by atoms with van der Waals surface area (Å²) in [5, 5.41) is 7.87. The Morgan fingerprint density at radius 3 is 2.65 bits per heavy atom. The van der Waals surface area contributed by atoms with Gasteiger partial charge in [-0.1, -0.05) is 19.1 Å². The number of nitrogens with zero attached hydrogens (tertiary/aromatic N) is 2. The smallest absolute Gasteiger partial charge is 0.126 e. The maximum absolute atomic E-state index is 13.8. The maximum Gasteiger partial charge on any atom is 0.126 e. The highest BCUT2D eigenvalue weighted by molar-refractivity contribution is 5.34. The van der Waals surface area contributed by atoms with Gasteiger partial charge in [0.15, 0.2) is 0 Å². The van der Waals surface area contributed by atoms with Gasteiger partial charge in [-0.2, -0.15) is 5.10 Å². The zero-order valence-electron chi connectivity index (χ0n) is 12.6. The number of aryl methyl sites for hydroxylation is 3. The van der Waals surface area contributed by atoms with Gasteiger partial charge in [-0.15, -0.1) is 0 Å². The summed E-state index contributed by atoms with van der Waals surface area (Å²) in [5.41, 5.74) is 3.69. The molecule has 0 saturated carbocycles. The summed E-state index contributed by atoms with van der Waals surface area (Å²) in [7, 11) is 1.91. The molecule has 0 amide bonds. The number of hydrogen-bond donors (Lipinski definition) is 1. The van der Waals surface area contributed by atoms with Crippen LogP contribution in [-0.2, 0) is 7.05 Å². The SMILES string of the molecule is CCCNC(c1ccc(C)c(F)c1)c1cn(C)nc1C. The Balaban J connectivity index is 2.41. The van der Waals surface area contributed by atoms with Crippen LogP contribution >= 0.6 is 0 Å². The first-order valence-electron chi connectivity index (χ1n) is 7.02. The summed E-state index contributed by atoms with van der Waals surface area (Å²) in [4.78, 5) is 0. The van der Waals surface area contributed by atoms with Gasteiger partial charge >= 0.3 is 0 Å². The minimum atomic E-state index is -0.160. The molecule has 0 bridgehead atoms. The van der Waals surface area contributed by atoms with E-state index in [0.29, 0.717) is 5.56 Å². The van der Waals surface area contributed by atoms with Crippen molar-refractivity contribution in [2.75, 3.05) is 6.54 Å². The molecular weight excluding hydrogens is 253 g/mol. The lowest BCUT2D eigenvalue weighted by Crippen LogP contribution is -2.23. The zero-order valence-corrected chi connectivity index (χ0v) is 12.6. The fourth-order valence-electron chi connectivity index (χ4n) is 2.39. The molecule has 1 N–H and O–H groups in total. The van der Waals surface area contributed by atoms with Crippen molar-refractivity contribution in [2.45, 2.75) is 33.2 Å². The summed E-state index contributed by atoms with van der Waals surface area (Å²) >= 11 is 0. The van der Waals surface area contributed by atoms with Crippen LogP contribution in [0.15, 0.2) is 24.4 Å². The molecule has 3 nitrogen and oxygen atoms in total. The fraction of sp³-hybridized carbons (Fsp3) is 0.438. The Morgan fingerprint density at radius 2 is 2.10 bits per heavy atom. The third-order valence-corrected chi connectivity index (χ3v) is 3.49. The monoisotopic (exact) mass is 275 g/mol. The van der Waals surface area contributed by atoms with Crippen LogP contribution in [0.3, 0.4) is 0 Å². The number of hydrogen-bond acceptors (Lipinski definition) is 2. The Kier molecular flexibility index (Phi) is 4.55. The van der Waals surface area contributed by atoms with Crippen LogP contribution in [0.1, 0.15) is 41.8 Å². The van der Waals surface area contributed by atoms with E-state index in [2.05, 4.69) is 17.3 Å².